The number of rotatable bonds is 8. The summed E-state index contributed by atoms with van der Waals surface area (Å²) in [5, 5.41) is 5.22. The van der Waals surface area contributed by atoms with Gasteiger partial charge in [0.1, 0.15) is 11.8 Å². The molecule has 1 N–H and O–H groups in total. The molecule has 1 aliphatic rings. The summed E-state index contributed by atoms with van der Waals surface area (Å²) < 4.78 is 5.46. The van der Waals surface area contributed by atoms with Crippen LogP contribution < -0.4 is 15.0 Å². The quantitative estimate of drug-likeness (QED) is 0.450. The Morgan fingerprint density at radius 1 is 1.06 bits per heavy atom. The fourth-order valence-electron chi connectivity index (χ4n) is 4.81. The largest absolute Gasteiger partial charge is 0.497 e. The maximum Gasteiger partial charge on any atom is 0.248 e. The van der Waals surface area contributed by atoms with E-state index in [4.69, 9.17) is 4.74 Å². The number of aryl methyl sites for hydroxylation is 2. The van der Waals surface area contributed by atoms with Crippen molar-refractivity contribution in [3.8, 4) is 5.75 Å². The number of ether oxygens (including phenoxy) is 1. The first-order chi connectivity index (χ1) is 16.5. The molecule has 3 aromatic rings. The van der Waals surface area contributed by atoms with E-state index in [9.17, 15) is 9.59 Å². The van der Waals surface area contributed by atoms with Crippen molar-refractivity contribution in [2.24, 2.45) is 0 Å². The average molecular weight is 477 g/mol. The Hall–Kier alpha value is -3.12. The topological polar surface area (TPSA) is 58.6 Å². The Kier molecular flexibility index (Phi) is 7.68. The van der Waals surface area contributed by atoms with E-state index in [-0.39, 0.29) is 24.3 Å². The smallest absolute Gasteiger partial charge is 0.248 e. The molecule has 2 aromatic carbocycles. The van der Waals surface area contributed by atoms with Gasteiger partial charge in [0.15, 0.2) is 0 Å². The van der Waals surface area contributed by atoms with Gasteiger partial charge in [-0.2, -0.15) is 0 Å². The van der Waals surface area contributed by atoms with Crippen LogP contribution in [0.1, 0.15) is 53.3 Å². The number of carbonyl (C=O) groups excluding carboxylic acids is 2. The zero-order chi connectivity index (χ0) is 24.1. The molecule has 0 spiro atoms. The molecule has 1 aliphatic carbocycles. The van der Waals surface area contributed by atoms with Gasteiger partial charge in [0.2, 0.25) is 11.8 Å². The van der Waals surface area contributed by atoms with Gasteiger partial charge in [-0.3, -0.25) is 14.5 Å². The lowest BCUT2D eigenvalue weighted by atomic mass is 9.98. The summed E-state index contributed by atoms with van der Waals surface area (Å²) >= 11 is 1.55. The average Bonchev–Trinajstić information content (AvgIpc) is 3.52. The van der Waals surface area contributed by atoms with Crippen molar-refractivity contribution in [2.75, 3.05) is 12.0 Å². The molecule has 0 saturated heterocycles. The number of hydrogen-bond acceptors (Lipinski definition) is 4. The Labute approximate surface area is 205 Å². The van der Waals surface area contributed by atoms with Gasteiger partial charge in [-0.05, 0) is 67.0 Å². The number of methoxy groups -OCH3 is 1. The number of thiophene rings is 1. The van der Waals surface area contributed by atoms with Gasteiger partial charge >= 0.3 is 0 Å². The standard InChI is InChI=1S/C28H32N2O3S/c1-19-9-6-10-20(2)26(19)30(25(31)18-24-15-8-16-34-24)27(21-11-7-14-23(17-21)33-3)28(32)29-22-12-4-5-13-22/h6-11,14-17,22,27H,4-5,12-13,18H2,1-3H3,(H,29,32)/t27-/m1/s1. The van der Waals surface area contributed by atoms with Crippen LogP contribution in [-0.2, 0) is 16.0 Å². The second kappa shape index (κ2) is 10.9. The van der Waals surface area contributed by atoms with Crippen LogP contribution in [0.15, 0.2) is 60.0 Å². The minimum atomic E-state index is -0.803. The zero-order valence-corrected chi connectivity index (χ0v) is 20.9. The SMILES string of the molecule is COc1cccc([C@H](C(=O)NC2CCCC2)N(C(=O)Cc2cccs2)c2c(C)cccc2C)c1. The summed E-state index contributed by atoms with van der Waals surface area (Å²) in [5.74, 6) is 0.403. The lowest BCUT2D eigenvalue weighted by molar-refractivity contribution is -0.127. The van der Waals surface area contributed by atoms with Crippen LogP contribution in [0, 0.1) is 13.8 Å². The normalized spacial score (nSPS) is 14.6. The number of carbonyl (C=O) groups is 2. The fourth-order valence-corrected chi connectivity index (χ4v) is 5.51. The third-order valence-electron chi connectivity index (χ3n) is 6.47. The van der Waals surface area contributed by atoms with E-state index in [0.717, 1.165) is 52.9 Å². The molecule has 178 valence electrons. The number of anilines is 1. The summed E-state index contributed by atoms with van der Waals surface area (Å²) in [7, 11) is 1.61. The first-order valence-electron chi connectivity index (χ1n) is 11.8. The highest BCUT2D eigenvalue weighted by Gasteiger charge is 2.35. The maximum absolute atomic E-state index is 13.9. The summed E-state index contributed by atoms with van der Waals surface area (Å²) in [6.45, 7) is 3.98. The molecule has 1 fully saturated rings. The highest BCUT2D eigenvalue weighted by molar-refractivity contribution is 7.10. The molecule has 5 nitrogen and oxygen atoms in total. The molecule has 1 saturated carbocycles. The molecule has 34 heavy (non-hydrogen) atoms. The van der Waals surface area contributed by atoms with Gasteiger partial charge in [-0.1, -0.05) is 49.2 Å². The van der Waals surface area contributed by atoms with Crippen molar-refractivity contribution in [3.63, 3.8) is 0 Å². The first-order valence-corrected chi connectivity index (χ1v) is 12.7. The third-order valence-corrected chi connectivity index (χ3v) is 7.35. The molecular formula is C28H32N2O3S. The van der Waals surface area contributed by atoms with E-state index >= 15 is 0 Å². The van der Waals surface area contributed by atoms with E-state index in [1.165, 1.54) is 0 Å². The Morgan fingerprint density at radius 2 is 1.76 bits per heavy atom. The summed E-state index contributed by atoms with van der Waals surface area (Å²) in [4.78, 5) is 30.5. The molecule has 4 rings (SSSR count). The lowest BCUT2D eigenvalue weighted by Gasteiger charge is -2.34. The van der Waals surface area contributed by atoms with E-state index < -0.39 is 6.04 Å². The van der Waals surface area contributed by atoms with Crippen LogP contribution in [0.2, 0.25) is 0 Å². The molecule has 0 unspecified atom stereocenters. The van der Waals surface area contributed by atoms with Crippen molar-refractivity contribution in [1.82, 2.24) is 5.32 Å². The summed E-state index contributed by atoms with van der Waals surface area (Å²) in [6, 6.07) is 16.7. The van der Waals surface area contributed by atoms with E-state index in [0.29, 0.717) is 5.75 Å². The van der Waals surface area contributed by atoms with Crippen LogP contribution in [0.25, 0.3) is 0 Å². The molecule has 1 heterocycles. The predicted octanol–water partition coefficient (Wildman–Crippen LogP) is 5.75. The number of hydrogen-bond donors (Lipinski definition) is 1. The monoisotopic (exact) mass is 476 g/mol. The molecule has 1 aromatic heterocycles. The van der Waals surface area contributed by atoms with Gasteiger partial charge < -0.3 is 10.1 Å². The number of nitrogens with zero attached hydrogens (tertiary/aromatic N) is 1. The minimum Gasteiger partial charge on any atom is -0.497 e. The van der Waals surface area contributed by atoms with Gasteiger partial charge in [-0.25, -0.2) is 0 Å². The van der Waals surface area contributed by atoms with E-state index in [1.807, 2.05) is 73.8 Å². The molecule has 0 aliphatic heterocycles. The van der Waals surface area contributed by atoms with Crippen LogP contribution in [0.3, 0.4) is 0 Å². The summed E-state index contributed by atoms with van der Waals surface area (Å²) in [6.07, 6.45) is 4.42. The Bertz CT molecular complexity index is 1120. The maximum atomic E-state index is 13.9. The molecular weight excluding hydrogens is 444 g/mol. The highest BCUT2D eigenvalue weighted by Crippen LogP contribution is 2.35. The first kappa shape index (κ1) is 24.0. The van der Waals surface area contributed by atoms with Gasteiger partial charge in [0.25, 0.3) is 0 Å². The van der Waals surface area contributed by atoms with Crippen molar-refractivity contribution in [3.05, 3.63) is 81.5 Å². The Balaban J connectivity index is 1.83. The highest BCUT2D eigenvalue weighted by atomic mass is 32.1. The second-order valence-electron chi connectivity index (χ2n) is 8.93. The third kappa shape index (κ3) is 5.33. The molecule has 6 heteroatoms. The van der Waals surface area contributed by atoms with Crippen LogP contribution in [0.4, 0.5) is 5.69 Å². The van der Waals surface area contributed by atoms with Crippen molar-refractivity contribution in [2.45, 2.75) is 58.0 Å². The lowest BCUT2D eigenvalue weighted by Crippen LogP contribution is -2.47. The van der Waals surface area contributed by atoms with E-state index in [2.05, 4.69) is 5.32 Å². The number of nitrogens with one attached hydrogen (secondary N) is 1. The van der Waals surface area contributed by atoms with E-state index in [1.54, 1.807) is 23.3 Å². The number of amides is 2. The predicted molar refractivity (Wildman–Crippen MR) is 138 cm³/mol. The number of benzene rings is 2. The zero-order valence-electron chi connectivity index (χ0n) is 20.0. The summed E-state index contributed by atoms with van der Waals surface area (Å²) in [5.41, 5.74) is 3.44. The van der Waals surface area contributed by atoms with Crippen LogP contribution >= 0.6 is 11.3 Å². The van der Waals surface area contributed by atoms with Crippen molar-refractivity contribution >= 4 is 28.8 Å². The van der Waals surface area contributed by atoms with Gasteiger partial charge in [0, 0.05) is 10.9 Å². The molecule has 0 radical (unpaired) electrons. The number of para-hydroxylation sites is 1. The molecule has 2 amide bonds. The van der Waals surface area contributed by atoms with Crippen molar-refractivity contribution < 1.29 is 14.3 Å². The Morgan fingerprint density at radius 3 is 2.41 bits per heavy atom. The minimum absolute atomic E-state index is 0.103. The second-order valence-corrected chi connectivity index (χ2v) is 9.96. The molecule has 1 atom stereocenters. The fraction of sp³-hybridized carbons (Fsp3) is 0.357. The van der Waals surface area contributed by atoms with Gasteiger partial charge in [-0.15, -0.1) is 11.3 Å². The van der Waals surface area contributed by atoms with Crippen molar-refractivity contribution in [1.29, 1.82) is 0 Å². The van der Waals surface area contributed by atoms with Crippen LogP contribution in [-0.4, -0.2) is 25.0 Å². The van der Waals surface area contributed by atoms with Crippen LogP contribution in [0.5, 0.6) is 5.75 Å². The van der Waals surface area contributed by atoms with Gasteiger partial charge in [0.05, 0.1) is 19.2 Å². The molecule has 0 bridgehead atoms.